The molecule has 3 rings (SSSR count). The van der Waals surface area contributed by atoms with Gasteiger partial charge in [-0.1, -0.05) is 6.92 Å². The largest absolute Gasteiger partial charge is 0.395 e. The van der Waals surface area contributed by atoms with Gasteiger partial charge in [-0.25, -0.2) is 0 Å². The molecule has 0 bridgehead atoms. The molecule has 3 aliphatic rings. The van der Waals surface area contributed by atoms with Crippen molar-refractivity contribution < 1.29 is 9.84 Å². The van der Waals surface area contributed by atoms with Gasteiger partial charge in [-0.2, -0.15) is 0 Å². The summed E-state index contributed by atoms with van der Waals surface area (Å²) in [6.45, 7) is 7.68. The fourth-order valence-corrected chi connectivity index (χ4v) is 3.89. The van der Waals surface area contributed by atoms with Crippen LogP contribution < -0.4 is 5.32 Å². The van der Waals surface area contributed by atoms with Gasteiger partial charge in [-0.3, -0.25) is 4.90 Å². The third-order valence-electron chi connectivity index (χ3n) is 5.47. The van der Waals surface area contributed by atoms with Crippen molar-refractivity contribution in [2.24, 2.45) is 11.3 Å². The summed E-state index contributed by atoms with van der Waals surface area (Å²) in [4.78, 5) is 2.52. The molecule has 20 heavy (non-hydrogen) atoms. The molecule has 0 amide bonds. The maximum Gasteiger partial charge on any atom is 0.0589 e. The number of likely N-dealkylation sites (tertiary alicyclic amines) is 1. The molecule has 2 N–H and O–H groups in total. The molecule has 0 aromatic carbocycles. The molecular formula is C16H30N2O2. The van der Waals surface area contributed by atoms with Gasteiger partial charge in [0, 0.05) is 37.2 Å². The van der Waals surface area contributed by atoms with E-state index in [2.05, 4.69) is 17.1 Å². The van der Waals surface area contributed by atoms with Crippen LogP contribution in [0.1, 0.15) is 39.0 Å². The highest BCUT2D eigenvalue weighted by Crippen LogP contribution is 2.34. The zero-order valence-corrected chi connectivity index (χ0v) is 12.8. The third-order valence-corrected chi connectivity index (χ3v) is 5.47. The molecule has 2 heterocycles. The number of rotatable bonds is 6. The van der Waals surface area contributed by atoms with E-state index in [1.54, 1.807) is 0 Å². The maximum absolute atomic E-state index is 9.66. The van der Waals surface area contributed by atoms with Crippen molar-refractivity contribution in [2.45, 2.75) is 51.1 Å². The highest BCUT2D eigenvalue weighted by molar-refractivity contribution is 4.94. The monoisotopic (exact) mass is 282 g/mol. The number of nitrogens with one attached hydrogen (secondary N) is 1. The Morgan fingerprint density at radius 1 is 1.35 bits per heavy atom. The van der Waals surface area contributed by atoms with Gasteiger partial charge in [0.2, 0.25) is 0 Å². The van der Waals surface area contributed by atoms with E-state index in [1.807, 2.05) is 0 Å². The summed E-state index contributed by atoms with van der Waals surface area (Å²) in [6.07, 6.45) is 6.35. The molecule has 2 saturated heterocycles. The summed E-state index contributed by atoms with van der Waals surface area (Å²) >= 11 is 0. The normalized spacial score (nSPS) is 39.3. The predicted octanol–water partition coefficient (Wildman–Crippen LogP) is 1.24. The fourth-order valence-electron chi connectivity index (χ4n) is 3.89. The molecule has 116 valence electrons. The number of aliphatic hydroxyl groups is 1. The maximum atomic E-state index is 9.66. The standard InChI is InChI=1S/C16H30N2O2/c1-13-5-7-18(15(13)9-19)11-16(6-2-8-20-12-16)10-17-14-3-4-14/h13-15,17,19H,2-12H2,1H3. The van der Waals surface area contributed by atoms with E-state index < -0.39 is 0 Å². The quantitative estimate of drug-likeness (QED) is 0.769. The summed E-state index contributed by atoms with van der Waals surface area (Å²) in [5.74, 6) is 0.623. The topological polar surface area (TPSA) is 44.7 Å². The van der Waals surface area contributed by atoms with E-state index in [0.717, 1.165) is 38.9 Å². The molecule has 0 radical (unpaired) electrons. The Bertz CT molecular complexity index is 314. The second-order valence-corrected chi connectivity index (χ2v) is 7.30. The van der Waals surface area contributed by atoms with Crippen LogP contribution in [0.3, 0.4) is 0 Å². The Morgan fingerprint density at radius 2 is 2.20 bits per heavy atom. The summed E-state index contributed by atoms with van der Waals surface area (Å²) in [7, 11) is 0. The highest BCUT2D eigenvalue weighted by atomic mass is 16.5. The lowest BCUT2D eigenvalue weighted by Gasteiger charge is -2.42. The molecule has 0 aromatic heterocycles. The van der Waals surface area contributed by atoms with E-state index in [9.17, 15) is 5.11 Å². The van der Waals surface area contributed by atoms with Crippen molar-refractivity contribution in [3.05, 3.63) is 0 Å². The first-order chi connectivity index (χ1) is 9.72. The molecule has 3 unspecified atom stereocenters. The Kier molecular flexibility index (Phi) is 4.65. The van der Waals surface area contributed by atoms with Crippen molar-refractivity contribution in [1.82, 2.24) is 10.2 Å². The van der Waals surface area contributed by atoms with Gasteiger partial charge in [-0.15, -0.1) is 0 Å². The Balaban J connectivity index is 1.62. The minimum Gasteiger partial charge on any atom is -0.395 e. The fraction of sp³-hybridized carbons (Fsp3) is 1.00. The van der Waals surface area contributed by atoms with Gasteiger partial charge >= 0.3 is 0 Å². The molecule has 1 saturated carbocycles. The Hall–Kier alpha value is -0.160. The smallest absolute Gasteiger partial charge is 0.0589 e. The molecule has 3 atom stereocenters. The summed E-state index contributed by atoms with van der Waals surface area (Å²) < 4.78 is 5.82. The molecule has 0 spiro atoms. The van der Waals surface area contributed by atoms with Gasteiger partial charge in [0.1, 0.15) is 0 Å². The van der Waals surface area contributed by atoms with E-state index in [-0.39, 0.29) is 5.41 Å². The zero-order chi connectivity index (χ0) is 14.0. The van der Waals surface area contributed by atoms with Gasteiger partial charge in [0.05, 0.1) is 13.2 Å². The molecule has 4 heteroatoms. The van der Waals surface area contributed by atoms with Crippen LogP contribution >= 0.6 is 0 Å². The number of ether oxygens (including phenoxy) is 1. The third kappa shape index (κ3) is 3.35. The average Bonchev–Trinajstić information content (AvgIpc) is 3.23. The minimum absolute atomic E-state index is 0.262. The molecular weight excluding hydrogens is 252 g/mol. The Labute approximate surface area is 122 Å². The van der Waals surface area contributed by atoms with Crippen LogP contribution in [0.15, 0.2) is 0 Å². The van der Waals surface area contributed by atoms with E-state index >= 15 is 0 Å². The van der Waals surface area contributed by atoms with Crippen molar-refractivity contribution in [2.75, 3.05) is 39.5 Å². The van der Waals surface area contributed by atoms with Crippen LogP contribution in [0, 0.1) is 11.3 Å². The van der Waals surface area contributed by atoms with Gasteiger partial charge < -0.3 is 15.2 Å². The summed E-state index contributed by atoms with van der Waals surface area (Å²) in [6, 6.07) is 1.12. The lowest BCUT2D eigenvalue weighted by Crippen LogP contribution is -2.51. The number of hydrogen-bond acceptors (Lipinski definition) is 4. The first kappa shape index (κ1) is 14.8. The van der Waals surface area contributed by atoms with E-state index in [1.165, 1.54) is 32.1 Å². The van der Waals surface area contributed by atoms with Crippen LogP contribution in [0.4, 0.5) is 0 Å². The molecule has 4 nitrogen and oxygen atoms in total. The van der Waals surface area contributed by atoms with E-state index in [4.69, 9.17) is 4.74 Å². The summed E-state index contributed by atoms with van der Waals surface area (Å²) in [5, 5.41) is 13.4. The number of hydrogen-bond donors (Lipinski definition) is 2. The van der Waals surface area contributed by atoms with Crippen LogP contribution in [0.2, 0.25) is 0 Å². The van der Waals surface area contributed by atoms with E-state index in [0.29, 0.717) is 18.6 Å². The van der Waals surface area contributed by atoms with Gasteiger partial charge in [0.25, 0.3) is 0 Å². The van der Waals surface area contributed by atoms with Gasteiger partial charge in [-0.05, 0) is 44.6 Å². The molecule has 1 aliphatic carbocycles. The number of nitrogens with zero attached hydrogens (tertiary/aromatic N) is 1. The molecule has 0 aromatic rings. The highest BCUT2D eigenvalue weighted by Gasteiger charge is 2.40. The lowest BCUT2D eigenvalue weighted by atomic mass is 9.81. The first-order valence-electron chi connectivity index (χ1n) is 8.38. The zero-order valence-electron chi connectivity index (χ0n) is 12.8. The van der Waals surface area contributed by atoms with Crippen molar-refractivity contribution >= 4 is 0 Å². The van der Waals surface area contributed by atoms with Crippen LogP contribution in [0.25, 0.3) is 0 Å². The summed E-state index contributed by atoms with van der Waals surface area (Å²) in [5.41, 5.74) is 0.262. The first-order valence-corrected chi connectivity index (χ1v) is 8.38. The molecule has 3 fully saturated rings. The molecule has 2 aliphatic heterocycles. The van der Waals surface area contributed by atoms with Crippen LogP contribution in [-0.4, -0.2) is 61.5 Å². The Morgan fingerprint density at radius 3 is 2.85 bits per heavy atom. The van der Waals surface area contributed by atoms with Crippen molar-refractivity contribution in [3.63, 3.8) is 0 Å². The second kappa shape index (κ2) is 6.30. The predicted molar refractivity (Wildman–Crippen MR) is 79.7 cm³/mol. The van der Waals surface area contributed by atoms with Crippen LogP contribution in [0.5, 0.6) is 0 Å². The van der Waals surface area contributed by atoms with Crippen LogP contribution in [-0.2, 0) is 4.74 Å². The SMILES string of the molecule is CC1CCN(CC2(CNC3CC3)CCCOC2)C1CO. The van der Waals surface area contributed by atoms with Crippen molar-refractivity contribution in [1.29, 1.82) is 0 Å². The average molecular weight is 282 g/mol. The lowest BCUT2D eigenvalue weighted by molar-refractivity contribution is -0.0328. The number of aliphatic hydroxyl groups excluding tert-OH is 1. The van der Waals surface area contributed by atoms with Crippen molar-refractivity contribution in [3.8, 4) is 0 Å². The minimum atomic E-state index is 0.262. The van der Waals surface area contributed by atoms with Gasteiger partial charge in [0.15, 0.2) is 0 Å². The second-order valence-electron chi connectivity index (χ2n) is 7.30.